The Morgan fingerprint density at radius 1 is 1.15 bits per heavy atom. The van der Waals surface area contributed by atoms with Crippen LogP contribution < -0.4 is 15.4 Å². The van der Waals surface area contributed by atoms with Crippen LogP contribution in [0.1, 0.15) is 25.1 Å². The van der Waals surface area contributed by atoms with Crippen LogP contribution in [-0.4, -0.2) is 33.1 Å². The molecule has 0 radical (unpaired) electrons. The monoisotopic (exact) mass is 294 g/mol. The lowest BCUT2D eigenvalue weighted by Gasteiger charge is -2.09. The van der Waals surface area contributed by atoms with Crippen molar-refractivity contribution in [1.82, 2.24) is 19.9 Å². The van der Waals surface area contributed by atoms with E-state index in [2.05, 4.69) is 30.6 Å². The van der Waals surface area contributed by atoms with Crippen molar-refractivity contribution in [3.05, 3.63) is 16.6 Å². The highest BCUT2D eigenvalue weighted by Crippen LogP contribution is 2.13. The maximum atomic E-state index is 5.47. The van der Waals surface area contributed by atoms with E-state index in [4.69, 9.17) is 4.74 Å². The summed E-state index contributed by atoms with van der Waals surface area (Å²) in [4.78, 5) is 17.9. The summed E-state index contributed by atoms with van der Waals surface area (Å²) >= 11 is 1.58. The van der Waals surface area contributed by atoms with Crippen molar-refractivity contribution in [2.45, 2.75) is 26.8 Å². The summed E-state index contributed by atoms with van der Waals surface area (Å²) in [5.74, 6) is 1.01. The Kier molecular flexibility index (Phi) is 5.48. The zero-order valence-electron chi connectivity index (χ0n) is 11.6. The first-order valence-electron chi connectivity index (χ1n) is 6.55. The third kappa shape index (κ3) is 4.30. The second kappa shape index (κ2) is 7.59. The van der Waals surface area contributed by atoms with Crippen LogP contribution in [0.15, 0.2) is 11.7 Å². The molecule has 2 aromatic heterocycles. The quantitative estimate of drug-likeness (QED) is 0.771. The molecule has 0 unspecified atom stereocenters. The number of nitrogens with zero attached hydrogens (tertiary/aromatic N) is 4. The minimum Gasteiger partial charge on any atom is -0.463 e. The van der Waals surface area contributed by atoms with Crippen molar-refractivity contribution < 1.29 is 4.74 Å². The molecule has 20 heavy (non-hydrogen) atoms. The van der Waals surface area contributed by atoms with Gasteiger partial charge in [-0.25, -0.2) is 0 Å². The Labute approximate surface area is 121 Å². The van der Waals surface area contributed by atoms with Crippen LogP contribution in [0.3, 0.4) is 0 Å². The summed E-state index contributed by atoms with van der Waals surface area (Å²) in [6.07, 6.45) is 2.73. The minimum atomic E-state index is 0.338. The van der Waals surface area contributed by atoms with E-state index in [9.17, 15) is 0 Å². The number of hydrogen-bond donors (Lipinski definition) is 2. The number of hydrogen-bond acceptors (Lipinski definition) is 8. The maximum absolute atomic E-state index is 5.47. The first kappa shape index (κ1) is 14.4. The second-order valence-electron chi connectivity index (χ2n) is 3.97. The number of anilines is 2. The van der Waals surface area contributed by atoms with E-state index in [1.165, 1.54) is 0 Å². The Balaban J connectivity index is 2.06. The van der Waals surface area contributed by atoms with Gasteiger partial charge < -0.3 is 15.4 Å². The van der Waals surface area contributed by atoms with Crippen LogP contribution in [0, 0.1) is 0 Å². The van der Waals surface area contributed by atoms with Crippen molar-refractivity contribution in [2.75, 3.05) is 23.8 Å². The molecular formula is C12H18N6OS. The maximum Gasteiger partial charge on any atom is 0.323 e. The standard InChI is InChI=1S/C12H18N6OS/c1-3-5-19-12-17-10(14-4-2)16-11(18-12)15-7-9-6-13-8-20-9/h6,8H,3-5,7H2,1-2H3,(H2,14,15,16,17,18). The predicted octanol–water partition coefficient (Wildman–Crippen LogP) is 2.16. The second-order valence-corrected chi connectivity index (χ2v) is 4.94. The highest BCUT2D eigenvalue weighted by Gasteiger charge is 2.07. The molecule has 8 heteroatoms. The van der Waals surface area contributed by atoms with E-state index < -0.39 is 0 Å². The average Bonchev–Trinajstić information content (AvgIpc) is 2.96. The van der Waals surface area contributed by atoms with Gasteiger partial charge >= 0.3 is 6.01 Å². The highest BCUT2D eigenvalue weighted by atomic mass is 32.1. The van der Waals surface area contributed by atoms with Gasteiger partial charge in [0.1, 0.15) is 0 Å². The zero-order valence-corrected chi connectivity index (χ0v) is 12.4. The number of nitrogens with one attached hydrogen (secondary N) is 2. The van der Waals surface area contributed by atoms with E-state index in [0.717, 1.165) is 17.8 Å². The fraction of sp³-hybridized carbons (Fsp3) is 0.500. The van der Waals surface area contributed by atoms with E-state index in [1.807, 2.05) is 20.0 Å². The van der Waals surface area contributed by atoms with Gasteiger partial charge in [0.2, 0.25) is 11.9 Å². The Morgan fingerprint density at radius 2 is 1.95 bits per heavy atom. The van der Waals surface area contributed by atoms with Gasteiger partial charge in [-0.15, -0.1) is 11.3 Å². The predicted molar refractivity (Wildman–Crippen MR) is 79.2 cm³/mol. The Morgan fingerprint density at radius 3 is 2.60 bits per heavy atom. The fourth-order valence-electron chi connectivity index (χ4n) is 1.43. The lowest BCUT2D eigenvalue weighted by atomic mass is 10.5. The highest BCUT2D eigenvalue weighted by molar-refractivity contribution is 7.09. The molecule has 0 aliphatic rings. The normalized spacial score (nSPS) is 10.3. The van der Waals surface area contributed by atoms with Crippen LogP contribution in [-0.2, 0) is 6.54 Å². The topological polar surface area (TPSA) is 84.9 Å². The van der Waals surface area contributed by atoms with E-state index in [-0.39, 0.29) is 0 Å². The summed E-state index contributed by atoms with van der Waals surface area (Å²) in [5.41, 5.74) is 1.80. The fourth-order valence-corrected chi connectivity index (χ4v) is 1.96. The van der Waals surface area contributed by atoms with Crippen molar-refractivity contribution in [3.63, 3.8) is 0 Å². The smallest absolute Gasteiger partial charge is 0.323 e. The van der Waals surface area contributed by atoms with Crippen LogP contribution in [0.4, 0.5) is 11.9 Å². The molecule has 2 heterocycles. The van der Waals surface area contributed by atoms with Gasteiger partial charge in [0.25, 0.3) is 0 Å². The Hall–Kier alpha value is -1.96. The molecule has 0 amide bonds. The lowest BCUT2D eigenvalue weighted by molar-refractivity contribution is 0.292. The third-order valence-corrected chi connectivity index (χ3v) is 3.07. The van der Waals surface area contributed by atoms with Crippen LogP contribution in [0.2, 0.25) is 0 Å². The molecule has 2 N–H and O–H groups in total. The van der Waals surface area contributed by atoms with Crippen molar-refractivity contribution in [3.8, 4) is 6.01 Å². The van der Waals surface area contributed by atoms with E-state index in [0.29, 0.717) is 31.1 Å². The SMILES string of the molecule is CCCOc1nc(NCC)nc(NCc2cncs2)n1. The van der Waals surface area contributed by atoms with Crippen LogP contribution in [0.5, 0.6) is 6.01 Å². The van der Waals surface area contributed by atoms with Crippen molar-refractivity contribution >= 4 is 23.2 Å². The molecule has 0 spiro atoms. The van der Waals surface area contributed by atoms with Crippen LogP contribution in [0.25, 0.3) is 0 Å². The molecule has 0 aromatic carbocycles. The van der Waals surface area contributed by atoms with E-state index in [1.54, 1.807) is 16.8 Å². The molecule has 0 aliphatic heterocycles. The first-order chi connectivity index (χ1) is 9.81. The first-order valence-corrected chi connectivity index (χ1v) is 7.43. The zero-order chi connectivity index (χ0) is 14.2. The molecule has 0 saturated heterocycles. The van der Waals surface area contributed by atoms with Crippen LogP contribution >= 0.6 is 11.3 Å². The molecule has 0 fully saturated rings. The van der Waals surface area contributed by atoms with Gasteiger partial charge in [0, 0.05) is 17.6 Å². The Bertz CT molecular complexity index is 519. The van der Waals surface area contributed by atoms with Gasteiger partial charge in [-0.2, -0.15) is 15.0 Å². The molecule has 2 aromatic rings. The number of thiazole rings is 1. The van der Waals surface area contributed by atoms with Gasteiger partial charge in [-0.3, -0.25) is 4.98 Å². The van der Waals surface area contributed by atoms with Gasteiger partial charge in [-0.05, 0) is 13.3 Å². The average molecular weight is 294 g/mol. The molecule has 7 nitrogen and oxygen atoms in total. The molecule has 0 saturated carbocycles. The number of rotatable bonds is 8. The third-order valence-electron chi connectivity index (χ3n) is 2.29. The lowest BCUT2D eigenvalue weighted by Crippen LogP contribution is -2.10. The molecule has 0 atom stereocenters. The van der Waals surface area contributed by atoms with Gasteiger partial charge in [0.15, 0.2) is 0 Å². The van der Waals surface area contributed by atoms with E-state index >= 15 is 0 Å². The molecule has 0 bridgehead atoms. The molecule has 108 valence electrons. The minimum absolute atomic E-state index is 0.338. The molecule has 0 aliphatic carbocycles. The molecular weight excluding hydrogens is 276 g/mol. The van der Waals surface area contributed by atoms with Crippen molar-refractivity contribution in [2.24, 2.45) is 0 Å². The summed E-state index contributed by atoms with van der Waals surface area (Å²) in [6, 6.07) is 0.338. The summed E-state index contributed by atoms with van der Waals surface area (Å²) in [5, 5.41) is 6.22. The summed E-state index contributed by atoms with van der Waals surface area (Å²) in [7, 11) is 0. The number of aromatic nitrogens is 4. The van der Waals surface area contributed by atoms with Gasteiger partial charge in [-0.1, -0.05) is 6.92 Å². The summed E-state index contributed by atoms with van der Waals surface area (Å²) < 4.78 is 5.47. The van der Waals surface area contributed by atoms with Crippen molar-refractivity contribution in [1.29, 1.82) is 0 Å². The van der Waals surface area contributed by atoms with Gasteiger partial charge in [0.05, 0.1) is 18.7 Å². The molecule has 2 rings (SSSR count). The largest absolute Gasteiger partial charge is 0.463 e. The summed E-state index contributed by atoms with van der Waals surface area (Å²) in [6.45, 7) is 5.99. The number of ether oxygens (including phenoxy) is 1.